The SMILES string of the molecule is Cc1ccc(C2C(=C(O)c3ccc(F)cc3)C(=O)C(=O)N2CCCn2ccnc2)cc1. The van der Waals surface area contributed by atoms with Crippen LogP contribution in [0.4, 0.5) is 4.39 Å². The lowest BCUT2D eigenvalue weighted by Gasteiger charge is -2.25. The van der Waals surface area contributed by atoms with Crippen LogP contribution in [0, 0.1) is 12.7 Å². The summed E-state index contributed by atoms with van der Waals surface area (Å²) in [4.78, 5) is 31.3. The Morgan fingerprint density at radius 1 is 1.06 bits per heavy atom. The van der Waals surface area contributed by atoms with Gasteiger partial charge in [-0.1, -0.05) is 29.8 Å². The van der Waals surface area contributed by atoms with Gasteiger partial charge in [-0.25, -0.2) is 9.37 Å². The van der Waals surface area contributed by atoms with E-state index in [9.17, 15) is 19.1 Å². The molecule has 0 saturated carbocycles. The van der Waals surface area contributed by atoms with Gasteiger partial charge in [0.15, 0.2) is 0 Å². The molecule has 158 valence electrons. The van der Waals surface area contributed by atoms with Crippen LogP contribution in [0.5, 0.6) is 0 Å². The molecule has 1 unspecified atom stereocenters. The lowest BCUT2D eigenvalue weighted by atomic mass is 9.94. The molecule has 1 atom stereocenters. The van der Waals surface area contributed by atoms with Crippen molar-refractivity contribution in [1.82, 2.24) is 14.5 Å². The summed E-state index contributed by atoms with van der Waals surface area (Å²) in [5, 5.41) is 10.9. The zero-order chi connectivity index (χ0) is 22.0. The number of imidazole rings is 1. The van der Waals surface area contributed by atoms with Crippen molar-refractivity contribution < 1.29 is 19.1 Å². The first-order chi connectivity index (χ1) is 15.0. The van der Waals surface area contributed by atoms with Crippen molar-refractivity contribution in [2.45, 2.75) is 25.9 Å². The van der Waals surface area contributed by atoms with E-state index in [2.05, 4.69) is 4.98 Å². The number of halogens is 1. The van der Waals surface area contributed by atoms with E-state index in [0.29, 0.717) is 19.5 Å². The molecule has 1 fully saturated rings. The fourth-order valence-corrected chi connectivity index (χ4v) is 3.81. The fourth-order valence-electron chi connectivity index (χ4n) is 3.81. The van der Waals surface area contributed by atoms with E-state index in [1.807, 2.05) is 42.0 Å². The lowest BCUT2D eigenvalue weighted by molar-refractivity contribution is -0.139. The number of ketones is 1. The van der Waals surface area contributed by atoms with Crippen LogP contribution in [-0.2, 0) is 16.1 Å². The molecule has 1 aliphatic rings. The Balaban J connectivity index is 1.72. The normalized spacial score (nSPS) is 18.0. The predicted molar refractivity (Wildman–Crippen MR) is 113 cm³/mol. The Hall–Kier alpha value is -3.74. The van der Waals surface area contributed by atoms with Crippen molar-refractivity contribution >= 4 is 17.4 Å². The minimum absolute atomic E-state index is 0.0168. The highest BCUT2D eigenvalue weighted by Crippen LogP contribution is 2.39. The molecule has 6 nitrogen and oxygen atoms in total. The second kappa shape index (κ2) is 8.55. The summed E-state index contributed by atoms with van der Waals surface area (Å²) in [5.41, 5.74) is 2.08. The fraction of sp³-hybridized carbons (Fsp3) is 0.208. The summed E-state index contributed by atoms with van der Waals surface area (Å²) in [6.07, 6.45) is 5.82. The zero-order valence-corrected chi connectivity index (χ0v) is 17.0. The van der Waals surface area contributed by atoms with Crippen LogP contribution in [0.1, 0.15) is 29.2 Å². The first-order valence-electron chi connectivity index (χ1n) is 10.0. The predicted octanol–water partition coefficient (Wildman–Crippen LogP) is 3.84. The Morgan fingerprint density at radius 3 is 2.42 bits per heavy atom. The Kier molecular flexibility index (Phi) is 5.66. The molecule has 31 heavy (non-hydrogen) atoms. The molecule has 0 bridgehead atoms. The molecular weight excluding hydrogens is 397 g/mol. The summed E-state index contributed by atoms with van der Waals surface area (Å²) >= 11 is 0. The molecule has 1 N–H and O–H groups in total. The highest BCUT2D eigenvalue weighted by molar-refractivity contribution is 6.46. The summed E-state index contributed by atoms with van der Waals surface area (Å²) in [6.45, 7) is 2.92. The van der Waals surface area contributed by atoms with Crippen LogP contribution in [0.15, 0.2) is 72.8 Å². The summed E-state index contributed by atoms with van der Waals surface area (Å²) < 4.78 is 15.2. The molecule has 0 radical (unpaired) electrons. The van der Waals surface area contributed by atoms with Crippen molar-refractivity contribution in [2.24, 2.45) is 0 Å². The number of Topliss-reactive ketones (excluding diaryl/α,β-unsaturated/α-hetero) is 1. The van der Waals surface area contributed by atoms with Gasteiger partial charge in [-0.15, -0.1) is 0 Å². The number of rotatable bonds is 6. The van der Waals surface area contributed by atoms with Crippen molar-refractivity contribution in [3.63, 3.8) is 0 Å². The number of nitrogens with zero attached hydrogens (tertiary/aromatic N) is 3. The number of hydrogen-bond acceptors (Lipinski definition) is 4. The first-order valence-corrected chi connectivity index (χ1v) is 10.0. The number of hydrogen-bond donors (Lipinski definition) is 1. The molecule has 3 aromatic rings. The number of amides is 1. The molecular formula is C24H22FN3O3. The maximum atomic E-state index is 13.3. The monoisotopic (exact) mass is 419 g/mol. The zero-order valence-electron chi connectivity index (χ0n) is 17.0. The van der Waals surface area contributed by atoms with E-state index in [-0.39, 0.29) is 16.9 Å². The summed E-state index contributed by atoms with van der Waals surface area (Å²) in [6, 6.07) is 12.0. The van der Waals surface area contributed by atoms with Crippen molar-refractivity contribution in [3.05, 3.63) is 95.3 Å². The molecule has 7 heteroatoms. The van der Waals surface area contributed by atoms with Crippen LogP contribution in [-0.4, -0.2) is 37.8 Å². The Morgan fingerprint density at radius 2 is 1.77 bits per heavy atom. The quantitative estimate of drug-likeness (QED) is 0.374. The van der Waals surface area contributed by atoms with Gasteiger partial charge in [0.1, 0.15) is 11.6 Å². The number of benzene rings is 2. The number of carbonyl (C=O) groups is 2. The highest BCUT2D eigenvalue weighted by atomic mass is 19.1. The van der Waals surface area contributed by atoms with E-state index in [1.165, 1.54) is 29.2 Å². The average molecular weight is 419 g/mol. The number of aromatic nitrogens is 2. The van der Waals surface area contributed by atoms with Crippen LogP contribution in [0.2, 0.25) is 0 Å². The second-order valence-electron chi connectivity index (χ2n) is 7.56. The first kappa shape index (κ1) is 20.5. The van der Waals surface area contributed by atoms with Gasteiger partial charge in [0.25, 0.3) is 11.7 Å². The van der Waals surface area contributed by atoms with E-state index in [4.69, 9.17) is 0 Å². The van der Waals surface area contributed by atoms with Gasteiger partial charge in [-0.2, -0.15) is 0 Å². The van der Waals surface area contributed by atoms with Gasteiger partial charge < -0.3 is 14.6 Å². The van der Waals surface area contributed by atoms with Crippen molar-refractivity contribution in [2.75, 3.05) is 6.54 Å². The third kappa shape index (κ3) is 4.12. The number of carbonyl (C=O) groups excluding carboxylic acids is 2. The standard InChI is InChI=1S/C24H22FN3O3/c1-16-3-5-17(6-4-16)21-20(22(29)18-7-9-19(25)10-8-18)23(30)24(31)28(21)13-2-12-27-14-11-26-15-27/h3-11,14-15,21,29H,2,12-13H2,1H3. The molecule has 1 aliphatic heterocycles. The van der Waals surface area contributed by atoms with E-state index in [1.54, 1.807) is 12.5 Å². The second-order valence-corrected chi connectivity index (χ2v) is 7.56. The largest absolute Gasteiger partial charge is 0.507 e. The van der Waals surface area contributed by atoms with Gasteiger partial charge in [0.2, 0.25) is 0 Å². The van der Waals surface area contributed by atoms with Crippen molar-refractivity contribution in [3.8, 4) is 0 Å². The molecule has 1 saturated heterocycles. The minimum atomic E-state index is -0.741. The molecule has 0 aliphatic carbocycles. The van der Waals surface area contributed by atoms with Crippen molar-refractivity contribution in [1.29, 1.82) is 0 Å². The third-order valence-electron chi connectivity index (χ3n) is 5.43. The van der Waals surface area contributed by atoms with Crippen LogP contribution in [0.25, 0.3) is 5.76 Å². The molecule has 1 aromatic heterocycles. The topological polar surface area (TPSA) is 75.4 Å². The number of aliphatic hydroxyl groups excluding tert-OH is 1. The summed E-state index contributed by atoms with van der Waals surface area (Å²) in [5.74, 6) is -2.15. The smallest absolute Gasteiger partial charge is 0.295 e. The van der Waals surface area contributed by atoms with Crippen LogP contribution < -0.4 is 0 Å². The third-order valence-corrected chi connectivity index (χ3v) is 5.43. The van der Waals surface area contributed by atoms with Crippen LogP contribution in [0.3, 0.4) is 0 Å². The molecule has 2 heterocycles. The van der Waals surface area contributed by atoms with E-state index < -0.39 is 23.5 Å². The van der Waals surface area contributed by atoms with E-state index >= 15 is 0 Å². The Labute approximate surface area is 179 Å². The molecule has 0 spiro atoms. The van der Waals surface area contributed by atoms with Gasteiger partial charge >= 0.3 is 0 Å². The van der Waals surface area contributed by atoms with E-state index in [0.717, 1.165) is 11.1 Å². The van der Waals surface area contributed by atoms with Crippen LogP contribution >= 0.6 is 0 Å². The Bertz CT molecular complexity index is 1120. The van der Waals surface area contributed by atoms with Gasteiger partial charge in [0.05, 0.1) is 17.9 Å². The lowest BCUT2D eigenvalue weighted by Crippen LogP contribution is -2.31. The van der Waals surface area contributed by atoms with Gasteiger partial charge in [0, 0.05) is 31.0 Å². The number of aryl methyl sites for hydroxylation is 2. The average Bonchev–Trinajstić information content (AvgIpc) is 3.37. The maximum Gasteiger partial charge on any atom is 0.295 e. The molecule has 1 amide bonds. The minimum Gasteiger partial charge on any atom is -0.507 e. The number of aliphatic hydroxyl groups is 1. The highest BCUT2D eigenvalue weighted by Gasteiger charge is 2.45. The summed E-state index contributed by atoms with van der Waals surface area (Å²) in [7, 11) is 0. The molecule has 2 aromatic carbocycles. The molecule has 4 rings (SSSR count). The van der Waals surface area contributed by atoms with Gasteiger partial charge in [-0.3, -0.25) is 9.59 Å². The van der Waals surface area contributed by atoms with Gasteiger partial charge in [-0.05, 0) is 43.2 Å². The number of likely N-dealkylation sites (tertiary alicyclic amines) is 1. The maximum absolute atomic E-state index is 13.3.